The van der Waals surface area contributed by atoms with Gasteiger partial charge in [-0.25, -0.2) is 0 Å². The summed E-state index contributed by atoms with van der Waals surface area (Å²) in [6.07, 6.45) is 1.56. The molecule has 0 atom stereocenters. The van der Waals surface area contributed by atoms with E-state index in [-0.39, 0.29) is 20.5 Å². The largest absolute Gasteiger partial charge is 0.435 e. The van der Waals surface area contributed by atoms with Crippen molar-refractivity contribution >= 4 is 40.5 Å². The lowest BCUT2D eigenvalue weighted by Crippen LogP contribution is -2.42. The number of benzene rings is 2. The second-order valence-corrected chi connectivity index (χ2v) is 9.64. The van der Waals surface area contributed by atoms with Crippen LogP contribution in [0.1, 0.15) is 5.56 Å². The molecule has 0 saturated carbocycles. The number of amides is 1. The standard InChI is InChI=1S/C26H23ClF2N4O4S/c27-18-3-5-19(6-4-18)33-24(35)22(15-17-1-7-20(8-2-17)37-26(28)29)38-25(33)21(16-30)23(34)31-9-10-32-11-13-36-14-12-32/h1-8,15,26H,9-14H2,(H,31,34)/b22-15+,25-21-. The van der Waals surface area contributed by atoms with E-state index in [0.717, 1.165) is 24.4 Å². The van der Waals surface area contributed by atoms with Crippen molar-refractivity contribution < 1.29 is 23.0 Å². The van der Waals surface area contributed by atoms with E-state index in [1.54, 1.807) is 30.3 Å². The fourth-order valence-electron chi connectivity index (χ4n) is 3.81. The molecule has 1 N–H and O–H groups in total. The maximum atomic E-state index is 13.5. The van der Waals surface area contributed by atoms with Gasteiger partial charge in [-0.1, -0.05) is 23.7 Å². The van der Waals surface area contributed by atoms with Gasteiger partial charge in [-0.2, -0.15) is 14.0 Å². The van der Waals surface area contributed by atoms with Gasteiger partial charge in [-0.3, -0.25) is 19.1 Å². The topological polar surface area (TPSA) is 96.6 Å². The average molecular weight is 561 g/mol. The molecule has 198 valence electrons. The van der Waals surface area contributed by atoms with Gasteiger partial charge in [0.05, 0.1) is 23.4 Å². The first-order valence-electron chi connectivity index (χ1n) is 11.6. The summed E-state index contributed by atoms with van der Waals surface area (Å²) in [4.78, 5) is 28.6. The number of nitrogens with one attached hydrogen (secondary N) is 1. The molecule has 8 nitrogen and oxygen atoms in total. The Morgan fingerprint density at radius 3 is 2.50 bits per heavy atom. The van der Waals surface area contributed by atoms with Crippen LogP contribution >= 0.6 is 22.9 Å². The third-order valence-corrected chi connectivity index (χ3v) is 7.03. The molecule has 4 rings (SSSR count). The molecule has 0 bridgehead atoms. The summed E-state index contributed by atoms with van der Waals surface area (Å²) in [6.45, 7) is 0.774. The summed E-state index contributed by atoms with van der Waals surface area (Å²) < 4.78 is 36.3. The molecule has 1 saturated heterocycles. The van der Waals surface area contributed by atoms with Crippen molar-refractivity contribution in [3.8, 4) is 17.5 Å². The number of thiazole rings is 1. The van der Waals surface area contributed by atoms with Gasteiger partial charge in [0.25, 0.3) is 11.5 Å². The smallest absolute Gasteiger partial charge is 0.387 e. The maximum absolute atomic E-state index is 13.5. The van der Waals surface area contributed by atoms with Gasteiger partial charge < -0.3 is 14.8 Å². The highest BCUT2D eigenvalue weighted by Crippen LogP contribution is 2.15. The number of ether oxygens (including phenoxy) is 2. The molecule has 0 unspecified atom stereocenters. The van der Waals surface area contributed by atoms with E-state index < -0.39 is 18.1 Å². The van der Waals surface area contributed by atoms with Crippen LogP contribution in [0.2, 0.25) is 5.02 Å². The van der Waals surface area contributed by atoms with E-state index in [2.05, 4.69) is 15.0 Å². The molecule has 1 fully saturated rings. The Morgan fingerprint density at radius 2 is 1.87 bits per heavy atom. The molecule has 1 aliphatic heterocycles. The number of carbonyl (C=O) groups excluding carboxylic acids is 1. The second kappa shape index (κ2) is 12.8. The van der Waals surface area contributed by atoms with Crippen LogP contribution in [-0.4, -0.2) is 61.4 Å². The van der Waals surface area contributed by atoms with Gasteiger partial charge in [0.2, 0.25) is 0 Å². The van der Waals surface area contributed by atoms with E-state index in [9.17, 15) is 23.6 Å². The van der Waals surface area contributed by atoms with Crippen molar-refractivity contribution in [3.05, 3.63) is 78.7 Å². The number of alkyl halides is 2. The van der Waals surface area contributed by atoms with E-state index >= 15 is 0 Å². The molecular formula is C26H23ClF2N4O4S. The highest BCUT2D eigenvalue weighted by molar-refractivity contribution is 7.07. The predicted molar refractivity (Wildman–Crippen MR) is 140 cm³/mol. The Labute approximate surface area is 225 Å². The van der Waals surface area contributed by atoms with E-state index in [1.165, 1.54) is 28.8 Å². The van der Waals surface area contributed by atoms with Crippen LogP contribution in [0.3, 0.4) is 0 Å². The number of nitriles is 1. The fourth-order valence-corrected chi connectivity index (χ4v) is 5.04. The maximum Gasteiger partial charge on any atom is 0.387 e. The molecule has 3 aromatic rings. The molecule has 1 aromatic heterocycles. The summed E-state index contributed by atoms with van der Waals surface area (Å²) in [7, 11) is 0. The third-order valence-electron chi connectivity index (χ3n) is 5.68. The van der Waals surface area contributed by atoms with Crippen molar-refractivity contribution in [1.29, 1.82) is 5.26 Å². The summed E-state index contributed by atoms with van der Waals surface area (Å²) in [6, 6.07) is 14.2. The molecular weight excluding hydrogens is 538 g/mol. The first kappa shape index (κ1) is 27.5. The minimum absolute atomic E-state index is 0.0172. The van der Waals surface area contributed by atoms with Crippen LogP contribution < -0.4 is 24.8 Å². The summed E-state index contributed by atoms with van der Waals surface area (Å²) >= 11 is 7.00. The van der Waals surface area contributed by atoms with Crippen LogP contribution in [-0.2, 0) is 9.53 Å². The van der Waals surface area contributed by atoms with Crippen LogP contribution in [0.25, 0.3) is 17.3 Å². The number of halogens is 3. The van der Waals surface area contributed by atoms with Gasteiger partial charge in [0, 0.05) is 31.2 Å². The molecule has 2 aromatic carbocycles. The predicted octanol–water partition coefficient (Wildman–Crippen LogP) is 2.11. The number of morpholine rings is 1. The van der Waals surface area contributed by atoms with Crippen molar-refractivity contribution in [2.24, 2.45) is 0 Å². The van der Waals surface area contributed by atoms with Crippen molar-refractivity contribution in [1.82, 2.24) is 14.8 Å². The Bertz CT molecular complexity index is 1490. The van der Waals surface area contributed by atoms with Gasteiger partial charge in [-0.05, 0) is 48.0 Å². The summed E-state index contributed by atoms with van der Waals surface area (Å²) in [5, 5.41) is 13.1. The minimum Gasteiger partial charge on any atom is -0.435 e. The lowest BCUT2D eigenvalue weighted by Gasteiger charge is -2.26. The molecule has 1 aliphatic rings. The first-order chi connectivity index (χ1) is 18.4. The molecule has 38 heavy (non-hydrogen) atoms. The SMILES string of the molecule is N#C/C(C(=O)NCCN1CCOCC1)=c1/s/c(=C/c2ccc(OC(F)F)cc2)c(=O)n1-c1ccc(Cl)cc1. The van der Waals surface area contributed by atoms with E-state index in [4.69, 9.17) is 16.3 Å². The van der Waals surface area contributed by atoms with Crippen LogP contribution in [0.15, 0.2) is 53.3 Å². The average Bonchev–Trinajstić information content (AvgIpc) is 3.21. The Balaban J connectivity index is 1.73. The number of aromatic nitrogens is 1. The zero-order chi connectivity index (χ0) is 27.1. The zero-order valence-corrected chi connectivity index (χ0v) is 21.6. The normalized spacial score (nSPS) is 15.3. The van der Waals surface area contributed by atoms with E-state index in [1.807, 2.05) is 6.07 Å². The van der Waals surface area contributed by atoms with E-state index in [0.29, 0.717) is 42.6 Å². The van der Waals surface area contributed by atoms with Crippen molar-refractivity contribution in [2.45, 2.75) is 6.61 Å². The lowest BCUT2D eigenvalue weighted by atomic mass is 10.2. The number of hydrogen-bond acceptors (Lipinski definition) is 7. The quantitative estimate of drug-likeness (QED) is 0.453. The van der Waals surface area contributed by atoms with Gasteiger partial charge in [0.15, 0.2) is 5.57 Å². The van der Waals surface area contributed by atoms with Gasteiger partial charge >= 0.3 is 6.61 Å². The summed E-state index contributed by atoms with van der Waals surface area (Å²) in [5.41, 5.74) is 0.326. The number of carbonyl (C=O) groups is 1. The second-order valence-electron chi connectivity index (χ2n) is 8.18. The summed E-state index contributed by atoms with van der Waals surface area (Å²) in [5.74, 6) is -0.610. The van der Waals surface area contributed by atoms with Crippen LogP contribution in [0.5, 0.6) is 5.75 Å². The molecule has 1 amide bonds. The van der Waals surface area contributed by atoms with Gasteiger partial charge in [-0.15, -0.1) is 11.3 Å². The number of nitrogens with zero attached hydrogens (tertiary/aromatic N) is 3. The Hall–Kier alpha value is -3.56. The molecule has 0 aliphatic carbocycles. The highest BCUT2D eigenvalue weighted by Gasteiger charge is 2.18. The zero-order valence-electron chi connectivity index (χ0n) is 20.0. The number of rotatable bonds is 8. The monoisotopic (exact) mass is 560 g/mol. The highest BCUT2D eigenvalue weighted by atomic mass is 35.5. The van der Waals surface area contributed by atoms with Crippen LogP contribution in [0.4, 0.5) is 8.78 Å². The van der Waals surface area contributed by atoms with Crippen molar-refractivity contribution in [2.75, 3.05) is 39.4 Å². The Kier molecular flexibility index (Phi) is 9.25. The fraction of sp³-hybridized carbons (Fsp3) is 0.269. The molecule has 2 heterocycles. The number of hydrogen-bond donors (Lipinski definition) is 1. The molecule has 12 heteroatoms. The molecule has 0 radical (unpaired) electrons. The molecule has 0 spiro atoms. The third kappa shape index (κ3) is 6.85. The van der Waals surface area contributed by atoms with Crippen molar-refractivity contribution in [3.63, 3.8) is 0 Å². The lowest BCUT2D eigenvalue weighted by molar-refractivity contribution is -0.115. The van der Waals surface area contributed by atoms with Crippen LogP contribution in [0, 0.1) is 11.3 Å². The minimum atomic E-state index is -2.95. The Morgan fingerprint density at radius 1 is 1.18 bits per heavy atom. The first-order valence-corrected chi connectivity index (χ1v) is 12.8. The van der Waals surface area contributed by atoms with Gasteiger partial charge in [0.1, 0.15) is 16.5 Å².